The number of halogens is 1. The molecule has 112 valence electrons. The second-order valence-electron chi connectivity index (χ2n) is 4.67. The minimum Gasteiger partial charge on any atom is -0.463 e. The highest BCUT2D eigenvalue weighted by Gasteiger charge is 2.11. The standard InChI is InChI=1S/C15H17ClN2O3/c1-18(2)13-6-4-10(8-12(13)16)17-9-11-5-7-14(21-11)15(19)20-3/h4-8,17H,9H2,1-3H3. The first kappa shape index (κ1) is 15.3. The average Bonchev–Trinajstić information content (AvgIpc) is 2.92. The van der Waals surface area contributed by atoms with Crippen LogP contribution in [0, 0.1) is 0 Å². The predicted molar refractivity (Wildman–Crippen MR) is 83.2 cm³/mol. The van der Waals surface area contributed by atoms with Crippen LogP contribution in [0.4, 0.5) is 11.4 Å². The Hall–Kier alpha value is -2.14. The number of ether oxygens (including phenoxy) is 1. The van der Waals surface area contributed by atoms with E-state index in [0.717, 1.165) is 11.4 Å². The Kier molecular flexibility index (Phi) is 4.75. The molecule has 0 aliphatic carbocycles. The number of carbonyl (C=O) groups is 1. The van der Waals surface area contributed by atoms with Crippen molar-refractivity contribution >= 4 is 28.9 Å². The van der Waals surface area contributed by atoms with Crippen LogP contribution in [0.5, 0.6) is 0 Å². The molecular weight excluding hydrogens is 292 g/mol. The molecule has 0 fully saturated rings. The maximum atomic E-state index is 11.3. The van der Waals surface area contributed by atoms with E-state index in [1.165, 1.54) is 7.11 Å². The van der Waals surface area contributed by atoms with E-state index in [1.807, 2.05) is 37.2 Å². The number of hydrogen-bond donors (Lipinski definition) is 1. The number of nitrogens with zero attached hydrogens (tertiary/aromatic N) is 1. The summed E-state index contributed by atoms with van der Waals surface area (Å²) in [5, 5.41) is 3.86. The van der Waals surface area contributed by atoms with Crippen molar-refractivity contribution in [3.05, 3.63) is 46.9 Å². The van der Waals surface area contributed by atoms with Crippen LogP contribution in [-0.2, 0) is 11.3 Å². The van der Waals surface area contributed by atoms with Gasteiger partial charge in [0.2, 0.25) is 5.76 Å². The molecule has 6 heteroatoms. The molecule has 0 saturated heterocycles. The summed E-state index contributed by atoms with van der Waals surface area (Å²) in [7, 11) is 5.19. The fourth-order valence-corrected chi connectivity index (χ4v) is 2.20. The molecule has 21 heavy (non-hydrogen) atoms. The van der Waals surface area contributed by atoms with Crippen LogP contribution in [0.1, 0.15) is 16.3 Å². The van der Waals surface area contributed by atoms with Crippen molar-refractivity contribution in [1.29, 1.82) is 0 Å². The maximum Gasteiger partial charge on any atom is 0.373 e. The minimum absolute atomic E-state index is 0.190. The number of carbonyl (C=O) groups excluding carboxylic acids is 1. The summed E-state index contributed by atoms with van der Waals surface area (Å²) in [6.45, 7) is 0.453. The van der Waals surface area contributed by atoms with Crippen LogP contribution < -0.4 is 10.2 Å². The van der Waals surface area contributed by atoms with E-state index in [4.69, 9.17) is 16.0 Å². The Labute approximate surface area is 128 Å². The Bertz CT molecular complexity index is 638. The zero-order chi connectivity index (χ0) is 15.4. The van der Waals surface area contributed by atoms with Crippen LogP contribution in [-0.4, -0.2) is 27.2 Å². The highest BCUT2D eigenvalue weighted by molar-refractivity contribution is 6.33. The quantitative estimate of drug-likeness (QED) is 0.858. The van der Waals surface area contributed by atoms with E-state index in [2.05, 4.69) is 10.1 Å². The Morgan fingerprint density at radius 2 is 2.10 bits per heavy atom. The molecule has 0 spiro atoms. The SMILES string of the molecule is COC(=O)c1ccc(CNc2ccc(N(C)C)c(Cl)c2)o1. The van der Waals surface area contributed by atoms with Crippen molar-refractivity contribution in [2.45, 2.75) is 6.54 Å². The average molecular weight is 309 g/mol. The Morgan fingerprint density at radius 1 is 1.33 bits per heavy atom. The van der Waals surface area contributed by atoms with Gasteiger partial charge in [-0.05, 0) is 30.3 Å². The third-order valence-corrected chi connectivity index (χ3v) is 3.25. The van der Waals surface area contributed by atoms with E-state index < -0.39 is 5.97 Å². The fraction of sp³-hybridized carbons (Fsp3) is 0.267. The Balaban J connectivity index is 2.01. The molecule has 0 amide bonds. The summed E-state index contributed by atoms with van der Waals surface area (Å²) in [5.74, 6) is 0.345. The smallest absolute Gasteiger partial charge is 0.373 e. The molecule has 5 nitrogen and oxygen atoms in total. The van der Waals surface area contributed by atoms with Gasteiger partial charge in [0.1, 0.15) is 5.76 Å². The number of hydrogen-bond acceptors (Lipinski definition) is 5. The normalized spacial score (nSPS) is 10.3. The first-order valence-electron chi connectivity index (χ1n) is 6.39. The summed E-state index contributed by atoms with van der Waals surface area (Å²) in [5.41, 5.74) is 1.83. The minimum atomic E-state index is -0.486. The predicted octanol–water partition coefficient (Wildman–Crippen LogP) is 3.40. The van der Waals surface area contributed by atoms with Gasteiger partial charge < -0.3 is 19.4 Å². The summed E-state index contributed by atoms with van der Waals surface area (Å²) < 4.78 is 9.96. The zero-order valence-electron chi connectivity index (χ0n) is 12.1. The van der Waals surface area contributed by atoms with Gasteiger partial charge in [0, 0.05) is 19.8 Å². The highest BCUT2D eigenvalue weighted by Crippen LogP contribution is 2.27. The van der Waals surface area contributed by atoms with Crippen molar-refractivity contribution in [2.24, 2.45) is 0 Å². The zero-order valence-corrected chi connectivity index (χ0v) is 12.9. The molecular formula is C15H17ClN2O3. The van der Waals surface area contributed by atoms with E-state index in [0.29, 0.717) is 17.3 Å². The molecule has 1 N–H and O–H groups in total. The molecule has 2 rings (SSSR count). The highest BCUT2D eigenvalue weighted by atomic mass is 35.5. The fourth-order valence-electron chi connectivity index (χ4n) is 1.85. The third-order valence-electron chi connectivity index (χ3n) is 2.94. The lowest BCUT2D eigenvalue weighted by Gasteiger charge is -2.15. The monoisotopic (exact) mass is 308 g/mol. The number of methoxy groups -OCH3 is 1. The summed E-state index contributed by atoms with van der Waals surface area (Å²) in [6, 6.07) is 9.04. The number of esters is 1. The van der Waals surface area contributed by atoms with Crippen LogP contribution in [0.15, 0.2) is 34.7 Å². The molecule has 1 aromatic carbocycles. The molecule has 0 unspecified atom stereocenters. The molecule has 0 aliphatic rings. The molecule has 0 radical (unpaired) electrons. The number of benzene rings is 1. The first-order valence-corrected chi connectivity index (χ1v) is 6.77. The van der Waals surface area contributed by atoms with E-state index >= 15 is 0 Å². The van der Waals surface area contributed by atoms with Crippen LogP contribution in [0.25, 0.3) is 0 Å². The maximum absolute atomic E-state index is 11.3. The molecule has 0 atom stereocenters. The van der Waals surface area contributed by atoms with Crippen LogP contribution in [0.3, 0.4) is 0 Å². The largest absolute Gasteiger partial charge is 0.463 e. The van der Waals surface area contributed by atoms with Gasteiger partial charge in [-0.3, -0.25) is 0 Å². The lowest BCUT2D eigenvalue weighted by atomic mass is 10.2. The number of furan rings is 1. The number of rotatable bonds is 5. The topological polar surface area (TPSA) is 54.7 Å². The molecule has 0 aliphatic heterocycles. The van der Waals surface area contributed by atoms with Crippen molar-refractivity contribution in [3.63, 3.8) is 0 Å². The molecule has 0 bridgehead atoms. The van der Waals surface area contributed by atoms with Gasteiger partial charge in [0.15, 0.2) is 0 Å². The van der Waals surface area contributed by atoms with Crippen LogP contribution in [0.2, 0.25) is 5.02 Å². The summed E-state index contributed by atoms with van der Waals surface area (Å²) in [4.78, 5) is 13.2. The summed E-state index contributed by atoms with van der Waals surface area (Å²) >= 11 is 6.20. The van der Waals surface area contributed by atoms with Crippen molar-refractivity contribution in [1.82, 2.24) is 0 Å². The third kappa shape index (κ3) is 3.70. The van der Waals surface area contributed by atoms with E-state index in [9.17, 15) is 4.79 Å². The van der Waals surface area contributed by atoms with Crippen molar-refractivity contribution in [3.8, 4) is 0 Å². The second-order valence-corrected chi connectivity index (χ2v) is 5.08. The lowest BCUT2D eigenvalue weighted by Crippen LogP contribution is -2.09. The first-order chi connectivity index (χ1) is 10.0. The van der Waals surface area contributed by atoms with Gasteiger partial charge in [-0.15, -0.1) is 0 Å². The molecule has 1 aromatic heterocycles. The molecule has 2 aromatic rings. The van der Waals surface area contributed by atoms with E-state index in [1.54, 1.807) is 12.1 Å². The van der Waals surface area contributed by atoms with Crippen LogP contribution >= 0.6 is 11.6 Å². The van der Waals surface area contributed by atoms with E-state index in [-0.39, 0.29) is 5.76 Å². The summed E-state index contributed by atoms with van der Waals surface area (Å²) in [6.07, 6.45) is 0. The van der Waals surface area contributed by atoms with Crippen molar-refractivity contribution < 1.29 is 13.9 Å². The van der Waals surface area contributed by atoms with Gasteiger partial charge in [-0.25, -0.2) is 4.79 Å². The number of anilines is 2. The lowest BCUT2D eigenvalue weighted by molar-refractivity contribution is 0.0563. The molecule has 1 heterocycles. The van der Waals surface area contributed by atoms with Gasteiger partial charge >= 0.3 is 5.97 Å². The second kappa shape index (κ2) is 6.54. The van der Waals surface area contributed by atoms with Crippen molar-refractivity contribution in [2.75, 3.05) is 31.4 Å². The molecule has 0 saturated carbocycles. The Morgan fingerprint density at radius 3 is 2.71 bits per heavy atom. The van der Waals surface area contributed by atoms with Gasteiger partial charge in [-0.1, -0.05) is 11.6 Å². The van der Waals surface area contributed by atoms with Gasteiger partial charge in [0.05, 0.1) is 24.4 Å². The van der Waals surface area contributed by atoms with Gasteiger partial charge in [0.25, 0.3) is 0 Å². The number of nitrogens with one attached hydrogen (secondary N) is 1. The van der Waals surface area contributed by atoms with Gasteiger partial charge in [-0.2, -0.15) is 0 Å².